The second-order valence-corrected chi connectivity index (χ2v) is 8.92. The third-order valence-electron chi connectivity index (χ3n) is 4.52. The second-order valence-electron chi connectivity index (χ2n) is 6.72. The third-order valence-corrected chi connectivity index (χ3v) is 6.46. The van der Waals surface area contributed by atoms with Gasteiger partial charge >= 0.3 is 0 Å². The van der Waals surface area contributed by atoms with Crippen LogP contribution in [0.2, 0.25) is 5.02 Å². The van der Waals surface area contributed by atoms with E-state index in [1.165, 1.54) is 30.0 Å². The number of nitrogens with zero attached hydrogens (tertiary/aromatic N) is 4. The maximum atomic E-state index is 12.5. The number of hydrogen-bond donors (Lipinski definition) is 1. The van der Waals surface area contributed by atoms with Crippen molar-refractivity contribution >= 4 is 56.6 Å². The van der Waals surface area contributed by atoms with Crippen LogP contribution < -0.4 is 5.32 Å². The number of amides is 1. The fourth-order valence-corrected chi connectivity index (χ4v) is 4.45. The highest BCUT2D eigenvalue weighted by Gasteiger charge is 2.19. The monoisotopic (exact) mass is 543 g/mol. The second kappa shape index (κ2) is 10.2. The number of thioether (sulfide) groups is 1. The third kappa shape index (κ3) is 5.24. The van der Waals surface area contributed by atoms with Crippen molar-refractivity contribution in [2.75, 3.05) is 11.1 Å². The predicted molar refractivity (Wildman–Crippen MR) is 132 cm³/mol. The Labute approximate surface area is 206 Å². The summed E-state index contributed by atoms with van der Waals surface area (Å²) in [6.07, 6.45) is 0. The molecule has 0 unspecified atom stereocenters. The van der Waals surface area contributed by atoms with Gasteiger partial charge in [-0.15, -0.1) is 10.2 Å². The zero-order chi connectivity index (χ0) is 23.4. The minimum absolute atomic E-state index is 0.00272. The molecule has 0 saturated carbocycles. The van der Waals surface area contributed by atoms with Crippen LogP contribution in [0.3, 0.4) is 0 Å². The normalized spacial score (nSPS) is 10.7. The highest BCUT2D eigenvalue weighted by molar-refractivity contribution is 9.10. The Balaban J connectivity index is 1.58. The van der Waals surface area contributed by atoms with E-state index in [4.69, 9.17) is 11.6 Å². The molecule has 1 amide bonds. The molecule has 4 rings (SSSR count). The molecule has 0 radical (unpaired) electrons. The van der Waals surface area contributed by atoms with Gasteiger partial charge in [-0.3, -0.25) is 19.5 Å². The van der Waals surface area contributed by atoms with Crippen molar-refractivity contribution in [3.63, 3.8) is 0 Å². The van der Waals surface area contributed by atoms with E-state index in [-0.39, 0.29) is 28.1 Å². The van der Waals surface area contributed by atoms with E-state index in [9.17, 15) is 14.9 Å². The molecule has 33 heavy (non-hydrogen) atoms. The molecule has 4 aromatic rings. The van der Waals surface area contributed by atoms with Gasteiger partial charge in [-0.05, 0) is 30.3 Å². The fraction of sp³-hybridized carbons (Fsp3) is 0.0455. The Hall–Kier alpha value is -3.21. The summed E-state index contributed by atoms with van der Waals surface area (Å²) in [5.74, 6) is 0.309. The van der Waals surface area contributed by atoms with Crippen LogP contribution >= 0.6 is 39.3 Å². The molecular weight excluding hydrogens is 530 g/mol. The maximum Gasteiger partial charge on any atom is 0.289 e. The van der Waals surface area contributed by atoms with Crippen molar-refractivity contribution in [3.8, 4) is 17.1 Å². The first kappa shape index (κ1) is 23.0. The zero-order valence-corrected chi connectivity index (χ0v) is 20.0. The minimum Gasteiger partial charge on any atom is -0.325 e. The van der Waals surface area contributed by atoms with Crippen LogP contribution in [0, 0.1) is 10.1 Å². The van der Waals surface area contributed by atoms with Crippen LogP contribution in [0.4, 0.5) is 11.4 Å². The van der Waals surface area contributed by atoms with Gasteiger partial charge in [-0.1, -0.05) is 75.7 Å². The Bertz CT molecular complexity index is 1330. The van der Waals surface area contributed by atoms with Crippen LogP contribution in [0.15, 0.2) is 82.4 Å². The minimum atomic E-state index is -0.599. The lowest BCUT2D eigenvalue weighted by Crippen LogP contribution is -2.14. The number of aromatic nitrogens is 3. The summed E-state index contributed by atoms with van der Waals surface area (Å²) in [6.45, 7) is 0. The van der Waals surface area contributed by atoms with E-state index in [0.717, 1.165) is 15.7 Å². The summed E-state index contributed by atoms with van der Waals surface area (Å²) in [7, 11) is 0. The number of benzene rings is 3. The number of nitrogens with one attached hydrogen (secondary N) is 1. The van der Waals surface area contributed by atoms with E-state index in [1.54, 1.807) is 0 Å². The molecule has 0 aliphatic heterocycles. The predicted octanol–water partition coefficient (Wildman–Crippen LogP) is 5.99. The van der Waals surface area contributed by atoms with Gasteiger partial charge in [-0.2, -0.15) is 0 Å². The average molecular weight is 545 g/mol. The summed E-state index contributed by atoms with van der Waals surface area (Å²) in [5, 5.41) is 22.9. The standard InChI is InChI=1S/C22H15BrClN5O3S/c23-17-9-5-4-8-16(17)21-26-27-22(28(21)15-6-2-1-3-7-15)33-13-20(30)25-14-10-11-18(24)19(12-14)29(31)32/h1-12H,13H2,(H,25,30). The topological polar surface area (TPSA) is 103 Å². The number of carbonyl (C=O) groups is 1. The van der Waals surface area contributed by atoms with Gasteiger partial charge < -0.3 is 5.32 Å². The molecule has 1 aromatic heterocycles. The van der Waals surface area contributed by atoms with Gasteiger partial charge in [-0.25, -0.2) is 0 Å². The smallest absolute Gasteiger partial charge is 0.289 e. The summed E-state index contributed by atoms with van der Waals surface area (Å²) in [4.78, 5) is 23.0. The van der Waals surface area contributed by atoms with Crippen molar-refractivity contribution in [3.05, 3.63) is 92.4 Å². The number of para-hydroxylation sites is 1. The Morgan fingerprint density at radius 3 is 2.55 bits per heavy atom. The SMILES string of the molecule is O=C(CSc1nnc(-c2ccccc2Br)n1-c1ccccc1)Nc1ccc(Cl)c([N+](=O)[O-])c1. The molecule has 0 spiro atoms. The lowest BCUT2D eigenvalue weighted by Gasteiger charge is -2.11. The largest absolute Gasteiger partial charge is 0.325 e. The molecule has 11 heteroatoms. The lowest BCUT2D eigenvalue weighted by atomic mass is 10.2. The summed E-state index contributed by atoms with van der Waals surface area (Å²) in [6, 6.07) is 21.4. The van der Waals surface area contributed by atoms with E-state index in [2.05, 4.69) is 31.4 Å². The number of nitro benzene ring substituents is 1. The first-order valence-electron chi connectivity index (χ1n) is 9.56. The molecule has 0 bridgehead atoms. The number of hydrogen-bond acceptors (Lipinski definition) is 6. The van der Waals surface area contributed by atoms with Crippen molar-refractivity contribution in [1.29, 1.82) is 0 Å². The molecule has 166 valence electrons. The number of rotatable bonds is 7. The van der Waals surface area contributed by atoms with E-state index in [0.29, 0.717) is 11.0 Å². The van der Waals surface area contributed by atoms with E-state index in [1.807, 2.05) is 59.2 Å². The van der Waals surface area contributed by atoms with Gasteiger partial charge in [0.15, 0.2) is 11.0 Å². The van der Waals surface area contributed by atoms with Gasteiger partial charge in [0.1, 0.15) is 5.02 Å². The molecule has 0 aliphatic rings. The van der Waals surface area contributed by atoms with Crippen molar-refractivity contribution < 1.29 is 9.72 Å². The Kier molecular flexibility index (Phi) is 7.07. The van der Waals surface area contributed by atoms with Gasteiger partial charge in [0.2, 0.25) is 5.91 Å². The maximum absolute atomic E-state index is 12.5. The summed E-state index contributed by atoms with van der Waals surface area (Å²) in [5.41, 5.74) is 1.72. The van der Waals surface area contributed by atoms with Crippen LogP contribution in [-0.4, -0.2) is 31.3 Å². The van der Waals surface area contributed by atoms with Crippen molar-refractivity contribution in [2.24, 2.45) is 0 Å². The molecule has 8 nitrogen and oxygen atoms in total. The Morgan fingerprint density at radius 2 is 1.82 bits per heavy atom. The van der Waals surface area contributed by atoms with Crippen molar-refractivity contribution in [2.45, 2.75) is 5.16 Å². The highest BCUT2D eigenvalue weighted by atomic mass is 79.9. The number of nitro groups is 1. The quantitative estimate of drug-likeness (QED) is 0.174. The molecule has 0 fully saturated rings. The molecule has 1 N–H and O–H groups in total. The Morgan fingerprint density at radius 1 is 1.09 bits per heavy atom. The zero-order valence-electron chi connectivity index (χ0n) is 16.8. The van der Waals surface area contributed by atoms with Gasteiger partial charge in [0.25, 0.3) is 5.69 Å². The highest BCUT2D eigenvalue weighted by Crippen LogP contribution is 2.32. The van der Waals surface area contributed by atoms with Crippen LogP contribution in [0.5, 0.6) is 0 Å². The van der Waals surface area contributed by atoms with Crippen LogP contribution in [-0.2, 0) is 4.79 Å². The van der Waals surface area contributed by atoms with E-state index >= 15 is 0 Å². The molecular formula is C22H15BrClN5O3S. The van der Waals surface area contributed by atoms with Crippen molar-refractivity contribution in [1.82, 2.24) is 14.8 Å². The van der Waals surface area contributed by atoms with Gasteiger partial charge in [0, 0.05) is 27.5 Å². The first-order valence-corrected chi connectivity index (χ1v) is 11.7. The molecule has 0 atom stereocenters. The molecule has 1 heterocycles. The lowest BCUT2D eigenvalue weighted by molar-refractivity contribution is -0.384. The summed E-state index contributed by atoms with van der Waals surface area (Å²) < 4.78 is 2.75. The number of carbonyl (C=O) groups excluding carboxylic acids is 1. The van der Waals surface area contributed by atoms with Gasteiger partial charge in [0.05, 0.1) is 10.7 Å². The molecule has 0 saturated heterocycles. The average Bonchev–Trinajstić information content (AvgIpc) is 3.23. The van der Waals surface area contributed by atoms with Crippen LogP contribution in [0.1, 0.15) is 0 Å². The van der Waals surface area contributed by atoms with Crippen LogP contribution in [0.25, 0.3) is 17.1 Å². The number of anilines is 1. The molecule has 0 aliphatic carbocycles. The molecule has 3 aromatic carbocycles. The van der Waals surface area contributed by atoms with E-state index < -0.39 is 4.92 Å². The number of halogens is 2. The fourth-order valence-electron chi connectivity index (χ4n) is 3.05. The first-order chi connectivity index (χ1) is 15.9. The summed E-state index contributed by atoms with van der Waals surface area (Å²) >= 11 is 10.6.